The van der Waals surface area contributed by atoms with E-state index in [1.165, 1.54) is 19.2 Å². The Balaban J connectivity index is 1.80. The van der Waals surface area contributed by atoms with Crippen LogP contribution in [-0.4, -0.2) is 19.7 Å². The molecule has 0 bridgehead atoms. The van der Waals surface area contributed by atoms with Crippen LogP contribution in [0.25, 0.3) is 33.7 Å². The molecule has 0 fully saturated rings. The number of hydrogen-bond acceptors (Lipinski definition) is 2. The monoisotopic (exact) mass is 394 g/mol. The summed E-state index contributed by atoms with van der Waals surface area (Å²) in [6, 6.07) is 10.3. The van der Waals surface area contributed by atoms with E-state index in [0.717, 1.165) is 10.7 Å². The van der Waals surface area contributed by atoms with Crippen LogP contribution in [0.3, 0.4) is 0 Å². The number of nitrogens with zero attached hydrogens (tertiary/aromatic N) is 3. The molecule has 4 rings (SSSR count). The average Bonchev–Trinajstić information content (AvgIpc) is 3.19. The fraction of sp³-hybridized carbons (Fsp3) is 0.111. The van der Waals surface area contributed by atoms with Crippen molar-refractivity contribution < 1.29 is 17.6 Å². The number of pyridine rings is 1. The Hall–Kier alpha value is -2.87. The number of aryl methyl sites for hydroxylation is 1. The van der Waals surface area contributed by atoms with Gasteiger partial charge in [0.1, 0.15) is 5.82 Å². The SMILES string of the molecule is Cn1nc(C(F)(F)F)cc1-c1ccc2[nH]c(-c3cccc(F)c3Cl)cc2n1. The first kappa shape index (κ1) is 17.5. The van der Waals surface area contributed by atoms with Crippen molar-refractivity contribution in [2.24, 2.45) is 7.05 Å². The Labute approximate surface area is 155 Å². The van der Waals surface area contributed by atoms with Crippen molar-refractivity contribution >= 4 is 22.6 Å². The number of aromatic amines is 1. The summed E-state index contributed by atoms with van der Waals surface area (Å²) >= 11 is 6.02. The summed E-state index contributed by atoms with van der Waals surface area (Å²) < 4.78 is 53.4. The smallest absolute Gasteiger partial charge is 0.353 e. The summed E-state index contributed by atoms with van der Waals surface area (Å²) in [5.74, 6) is -0.545. The molecular weight excluding hydrogens is 384 g/mol. The number of H-pyrrole nitrogens is 1. The van der Waals surface area contributed by atoms with Crippen LogP contribution in [0, 0.1) is 5.82 Å². The van der Waals surface area contributed by atoms with E-state index in [1.54, 1.807) is 24.3 Å². The van der Waals surface area contributed by atoms with Gasteiger partial charge >= 0.3 is 6.18 Å². The lowest BCUT2D eigenvalue weighted by atomic mass is 10.1. The highest BCUT2D eigenvalue weighted by molar-refractivity contribution is 6.33. The maximum absolute atomic E-state index is 13.7. The second-order valence-corrected chi connectivity index (χ2v) is 6.33. The van der Waals surface area contributed by atoms with Gasteiger partial charge in [-0.3, -0.25) is 4.68 Å². The molecule has 0 aliphatic rings. The number of alkyl halides is 3. The number of halogens is 5. The zero-order chi connectivity index (χ0) is 19.3. The molecule has 0 aliphatic carbocycles. The zero-order valence-corrected chi connectivity index (χ0v) is 14.5. The van der Waals surface area contributed by atoms with Gasteiger partial charge < -0.3 is 4.98 Å². The highest BCUT2D eigenvalue weighted by atomic mass is 35.5. The molecule has 1 N–H and O–H groups in total. The van der Waals surface area contributed by atoms with Crippen LogP contribution in [0.2, 0.25) is 5.02 Å². The van der Waals surface area contributed by atoms with Crippen molar-refractivity contribution in [1.29, 1.82) is 0 Å². The van der Waals surface area contributed by atoms with Crippen molar-refractivity contribution in [3.8, 4) is 22.6 Å². The third-order valence-electron chi connectivity index (χ3n) is 4.15. The van der Waals surface area contributed by atoms with E-state index in [1.807, 2.05) is 0 Å². The summed E-state index contributed by atoms with van der Waals surface area (Å²) in [5.41, 5.74) is 1.77. The molecule has 4 nitrogen and oxygen atoms in total. The molecule has 0 spiro atoms. The molecule has 0 radical (unpaired) electrons. The molecular formula is C18H11ClF4N4. The van der Waals surface area contributed by atoms with Gasteiger partial charge in [-0.2, -0.15) is 18.3 Å². The Morgan fingerprint density at radius 1 is 1.11 bits per heavy atom. The van der Waals surface area contributed by atoms with Crippen molar-refractivity contribution in [2.45, 2.75) is 6.18 Å². The molecule has 138 valence electrons. The van der Waals surface area contributed by atoms with Gasteiger partial charge in [-0.05, 0) is 30.3 Å². The minimum absolute atomic E-state index is 0.0225. The van der Waals surface area contributed by atoms with Crippen molar-refractivity contribution in [3.05, 3.63) is 59.0 Å². The number of fused-ring (bicyclic) bond motifs is 1. The molecule has 27 heavy (non-hydrogen) atoms. The van der Waals surface area contributed by atoms with Crippen LogP contribution in [-0.2, 0) is 13.2 Å². The van der Waals surface area contributed by atoms with Crippen molar-refractivity contribution in [1.82, 2.24) is 19.7 Å². The molecule has 0 atom stereocenters. The minimum Gasteiger partial charge on any atom is -0.353 e. The third-order valence-corrected chi connectivity index (χ3v) is 4.53. The molecule has 0 unspecified atom stereocenters. The van der Waals surface area contributed by atoms with Gasteiger partial charge in [-0.1, -0.05) is 23.7 Å². The topological polar surface area (TPSA) is 46.5 Å². The molecule has 9 heteroatoms. The van der Waals surface area contributed by atoms with Crippen molar-refractivity contribution in [2.75, 3.05) is 0 Å². The molecule has 0 saturated carbocycles. The lowest BCUT2D eigenvalue weighted by molar-refractivity contribution is -0.141. The van der Waals surface area contributed by atoms with E-state index < -0.39 is 17.7 Å². The molecule has 0 aliphatic heterocycles. The quantitative estimate of drug-likeness (QED) is 0.460. The standard InChI is InChI=1S/C18H11ClF4N4/c1-27-15(8-16(26-27)18(21,22)23)12-6-5-11-14(25-12)7-13(24-11)9-3-2-4-10(20)17(9)19/h2-8,24H,1H3. The van der Waals surface area contributed by atoms with Crippen LogP contribution in [0.1, 0.15) is 5.69 Å². The van der Waals surface area contributed by atoms with E-state index in [2.05, 4.69) is 15.1 Å². The van der Waals surface area contributed by atoms with E-state index in [4.69, 9.17) is 11.6 Å². The summed E-state index contributed by atoms with van der Waals surface area (Å²) in [6.07, 6.45) is -4.53. The maximum atomic E-state index is 13.7. The Kier molecular flexibility index (Phi) is 3.96. The lowest BCUT2D eigenvalue weighted by Crippen LogP contribution is -2.06. The van der Waals surface area contributed by atoms with E-state index >= 15 is 0 Å². The van der Waals surface area contributed by atoms with Gasteiger partial charge in [0.2, 0.25) is 0 Å². The highest BCUT2D eigenvalue weighted by Crippen LogP contribution is 2.33. The number of hydrogen-bond donors (Lipinski definition) is 1. The molecule has 3 aromatic heterocycles. The zero-order valence-electron chi connectivity index (χ0n) is 13.8. The number of aromatic nitrogens is 4. The van der Waals surface area contributed by atoms with Gasteiger partial charge in [0.05, 0.1) is 27.4 Å². The van der Waals surface area contributed by atoms with Gasteiger partial charge in [0.15, 0.2) is 5.69 Å². The maximum Gasteiger partial charge on any atom is 0.435 e. The summed E-state index contributed by atoms with van der Waals surface area (Å²) in [4.78, 5) is 7.49. The summed E-state index contributed by atoms with van der Waals surface area (Å²) in [6.45, 7) is 0. The first-order valence-electron chi connectivity index (χ1n) is 7.80. The van der Waals surface area contributed by atoms with E-state index in [0.29, 0.717) is 28.0 Å². The molecule has 0 saturated heterocycles. The van der Waals surface area contributed by atoms with Crippen molar-refractivity contribution in [3.63, 3.8) is 0 Å². The summed E-state index contributed by atoms with van der Waals surface area (Å²) in [7, 11) is 1.42. The Bertz CT molecular complexity index is 1160. The third kappa shape index (κ3) is 3.06. The first-order chi connectivity index (χ1) is 12.7. The predicted molar refractivity (Wildman–Crippen MR) is 93.7 cm³/mol. The van der Waals surface area contributed by atoms with Gasteiger partial charge in [-0.25, -0.2) is 9.37 Å². The normalized spacial score (nSPS) is 12.1. The second kappa shape index (κ2) is 6.09. The largest absolute Gasteiger partial charge is 0.435 e. The minimum atomic E-state index is -4.53. The fourth-order valence-electron chi connectivity index (χ4n) is 2.85. The average molecular weight is 395 g/mol. The van der Waals surface area contributed by atoms with E-state index in [-0.39, 0.29) is 10.7 Å². The molecule has 4 aromatic rings. The fourth-order valence-corrected chi connectivity index (χ4v) is 3.08. The predicted octanol–water partition coefficient (Wildman–Crippen LogP) is 5.44. The number of nitrogens with one attached hydrogen (secondary N) is 1. The van der Waals surface area contributed by atoms with E-state index in [9.17, 15) is 17.6 Å². The Morgan fingerprint density at radius 2 is 1.89 bits per heavy atom. The van der Waals surface area contributed by atoms with Gasteiger partial charge in [-0.15, -0.1) is 0 Å². The van der Waals surface area contributed by atoms with Crippen LogP contribution < -0.4 is 0 Å². The van der Waals surface area contributed by atoms with Crippen LogP contribution >= 0.6 is 11.6 Å². The molecule has 1 aromatic carbocycles. The number of benzene rings is 1. The molecule has 3 heterocycles. The first-order valence-corrected chi connectivity index (χ1v) is 8.17. The molecule has 0 amide bonds. The Morgan fingerprint density at radius 3 is 2.59 bits per heavy atom. The summed E-state index contributed by atoms with van der Waals surface area (Å²) in [5, 5.41) is 3.47. The van der Waals surface area contributed by atoms with Gasteiger partial charge in [0, 0.05) is 18.3 Å². The lowest BCUT2D eigenvalue weighted by Gasteiger charge is -2.01. The second-order valence-electron chi connectivity index (χ2n) is 5.95. The highest BCUT2D eigenvalue weighted by Gasteiger charge is 2.34. The van der Waals surface area contributed by atoms with Crippen LogP contribution in [0.4, 0.5) is 17.6 Å². The number of rotatable bonds is 2. The van der Waals surface area contributed by atoms with Crippen LogP contribution in [0.5, 0.6) is 0 Å². The van der Waals surface area contributed by atoms with Crippen LogP contribution in [0.15, 0.2) is 42.5 Å². The van der Waals surface area contributed by atoms with Gasteiger partial charge in [0.25, 0.3) is 0 Å².